The van der Waals surface area contributed by atoms with Crippen LogP contribution in [0, 0.1) is 0 Å². The first kappa shape index (κ1) is 9.81. The van der Waals surface area contributed by atoms with Gasteiger partial charge >= 0.3 is 0 Å². The fraction of sp³-hybridized carbons (Fsp3) is 0.222. The van der Waals surface area contributed by atoms with Gasteiger partial charge in [-0.05, 0) is 0 Å². The predicted octanol–water partition coefficient (Wildman–Crippen LogP) is 2.95. The number of rotatable bonds is 3. The Kier molecular flexibility index (Phi) is 4.40. The number of benzene rings is 1. The first-order valence-corrected chi connectivity index (χ1v) is 5.73. The summed E-state index contributed by atoms with van der Waals surface area (Å²) < 4.78 is 0. The third kappa shape index (κ3) is 2.99. The molecule has 1 rings (SSSR count). The van der Waals surface area contributed by atoms with Crippen molar-refractivity contribution in [3.8, 4) is 0 Å². The zero-order chi connectivity index (χ0) is 8.81. The summed E-state index contributed by atoms with van der Waals surface area (Å²) in [6, 6.07) is 9.34. The van der Waals surface area contributed by atoms with Crippen molar-refractivity contribution in [3.63, 3.8) is 0 Å². The summed E-state index contributed by atoms with van der Waals surface area (Å²) in [6.07, 6.45) is 0. The highest BCUT2D eigenvalue weighted by Crippen LogP contribution is 2.11. The lowest BCUT2D eigenvalue weighted by Crippen LogP contribution is -1.94. The van der Waals surface area contributed by atoms with Crippen molar-refractivity contribution in [2.24, 2.45) is 0 Å². The molecule has 0 heterocycles. The molecule has 0 radical (unpaired) electrons. The molecule has 0 bridgehead atoms. The molecule has 0 aliphatic heterocycles. The SMILES string of the molecule is O=C(SCCBr)c1ccccc1. The van der Waals surface area contributed by atoms with E-state index in [9.17, 15) is 4.79 Å². The van der Waals surface area contributed by atoms with Gasteiger partial charge in [0, 0.05) is 16.6 Å². The van der Waals surface area contributed by atoms with Crippen LogP contribution in [0.25, 0.3) is 0 Å². The zero-order valence-corrected chi connectivity index (χ0v) is 8.90. The molecule has 3 heteroatoms. The molecular weight excluding hydrogens is 236 g/mol. The maximum Gasteiger partial charge on any atom is 0.219 e. The monoisotopic (exact) mass is 244 g/mol. The standard InChI is InChI=1S/C9H9BrOS/c10-6-7-12-9(11)8-4-2-1-3-5-8/h1-5H,6-7H2. The van der Waals surface area contributed by atoms with Crippen LogP contribution in [0.1, 0.15) is 10.4 Å². The van der Waals surface area contributed by atoms with Crippen molar-refractivity contribution in [1.82, 2.24) is 0 Å². The van der Waals surface area contributed by atoms with E-state index in [1.54, 1.807) is 0 Å². The number of carbonyl (C=O) groups is 1. The van der Waals surface area contributed by atoms with Gasteiger partial charge < -0.3 is 0 Å². The molecule has 0 saturated heterocycles. The molecule has 1 nitrogen and oxygen atoms in total. The highest BCUT2D eigenvalue weighted by molar-refractivity contribution is 9.09. The van der Waals surface area contributed by atoms with Gasteiger partial charge in [-0.1, -0.05) is 58.0 Å². The molecule has 1 aromatic carbocycles. The Labute approximate surface area is 84.7 Å². The molecule has 0 unspecified atom stereocenters. The van der Waals surface area contributed by atoms with Crippen LogP contribution in [-0.2, 0) is 0 Å². The van der Waals surface area contributed by atoms with Gasteiger partial charge in [0.2, 0.25) is 5.12 Å². The molecule has 0 N–H and O–H groups in total. The molecule has 12 heavy (non-hydrogen) atoms. The van der Waals surface area contributed by atoms with Gasteiger partial charge in [-0.3, -0.25) is 4.79 Å². The lowest BCUT2D eigenvalue weighted by molar-refractivity contribution is 0.108. The number of alkyl halides is 1. The van der Waals surface area contributed by atoms with Crippen LogP contribution in [0.2, 0.25) is 0 Å². The third-order valence-electron chi connectivity index (χ3n) is 1.32. The Balaban J connectivity index is 2.54. The molecular formula is C9H9BrOS. The minimum absolute atomic E-state index is 0.148. The highest BCUT2D eigenvalue weighted by Gasteiger charge is 2.03. The number of carbonyl (C=O) groups excluding carboxylic acids is 1. The summed E-state index contributed by atoms with van der Waals surface area (Å²) in [5.74, 6) is 0.827. The Bertz CT molecular complexity index is 248. The van der Waals surface area contributed by atoms with E-state index in [-0.39, 0.29) is 5.12 Å². The maximum absolute atomic E-state index is 11.3. The average Bonchev–Trinajstić information content (AvgIpc) is 2.15. The van der Waals surface area contributed by atoms with Crippen molar-refractivity contribution in [3.05, 3.63) is 35.9 Å². The van der Waals surface area contributed by atoms with E-state index in [0.717, 1.165) is 16.6 Å². The van der Waals surface area contributed by atoms with Crippen LogP contribution in [0.15, 0.2) is 30.3 Å². The summed E-state index contributed by atoms with van der Waals surface area (Å²) in [7, 11) is 0. The molecule has 1 aromatic rings. The molecule has 0 atom stereocenters. The Morgan fingerprint density at radius 3 is 2.58 bits per heavy atom. The first-order chi connectivity index (χ1) is 5.84. The van der Waals surface area contributed by atoms with E-state index in [4.69, 9.17) is 0 Å². The zero-order valence-electron chi connectivity index (χ0n) is 6.50. The fourth-order valence-electron chi connectivity index (χ4n) is 0.789. The van der Waals surface area contributed by atoms with Crippen LogP contribution in [-0.4, -0.2) is 16.2 Å². The maximum atomic E-state index is 11.3. The summed E-state index contributed by atoms with van der Waals surface area (Å²) >= 11 is 4.62. The van der Waals surface area contributed by atoms with Crippen molar-refractivity contribution in [2.45, 2.75) is 0 Å². The number of hydrogen-bond acceptors (Lipinski definition) is 2. The van der Waals surface area contributed by atoms with Crippen molar-refractivity contribution < 1.29 is 4.79 Å². The molecule has 0 aliphatic carbocycles. The lowest BCUT2D eigenvalue weighted by atomic mass is 10.2. The van der Waals surface area contributed by atoms with E-state index in [1.807, 2.05) is 30.3 Å². The van der Waals surface area contributed by atoms with Gasteiger partial charge in [-0.25, -0.2) is 0 Å². The van der Waals surface area contributed by atoms with E-state index in [2.05, 4.69) is 15.9 Å². The van der Waals surface area contributed by atoms with Crippen LogP contribution in [0.5, 0.6) is 0 Å². The van der Waals surface area contributed by atoms with Crippen molar-refractivity contribution in [1.29, 1.82) is 0 Å². The van der Waals surface area contributed by atoms with E-state index < -0.39 is 0 Å². The van der Waals surface area contributed by atoms with Crippen LogP contribution < -0.4 is 0 Å². The van der Waals surface area contributed by atoms with Gasteiger partial charge in [0.1, 0.15) is 0 Å². The van der Waals surface area contributed by atoms with Crippen LogP contribution in [0.3, 0.4) is 0 Å². The van der Waals surface area contributed by atoms with Gasteiger partial charge in [0.25, 0.3) is 0 Å². The van der Waals surface area contributed by atoms with Gasteiger partial charge in [-0.15, -0.1) is 0 Å². The van der Waals surface area contributed by atoms with E-state index >= 15 is 0 Å². The first-order valence-electron chi connectivity index (χ1n) is 3.62. The van der Waals surface area contributed by atoms with Crippen LogP contribution >= 0.6 is 27.7 Å². The topological polar surface area (TPSA) is 17.1 Å². The molecule has 0 aromatic heterocycles. The quantitative estimate of drug-likeness (QED) is 0.761. The third-order valence-corrected chi connectivity index (χ3v) is 3.15. The number of thioether (sulfide) groups is 1. The van der Waals surface area contributed by atoms with E-state index in [0.29, 0.717) is 0 Å². The highest BCUT2D eigenvalue weighted by atomic mass is 79.9. The van der Waals surface area contributed by atoms with Gasteiger partial charge in [0.05, 0.1) is 0 Å². The Hall–Kier alpha value is -0.280. The predicted molar refractivity (Wildman–Crippen MR) is 57.0 cm³/mol. The summed E-state index contributed by atoms with van der Waals surface area (Å²) in [5.41, 5.74) is 0.781. The smallest absolute Gasteiger partial charge is 0.219 e. The normalized spacial score (nSPS) is 9.75. The lowest BCUT2D eigenvalue weighted by Gasteiger charge is -1.97. The molecule has 0 spiro atoms. The van der Waals surface area contributed by atoms with Crippen molar-refractivity contribution >= 4 is 32.8 Å². The minimum Gasteiger partial charge on any atom is -0.282 e. The molecule has 0 amide bonds. The number of hydrogen-bond donors (Lipinski definition) is 0. The molecule has 0 saturated carbocycles. The molecule has 0 aliphatic rings. The summed E-state index contributed by atoms with van der Waals surface area (Å²) in [4.78, 5) is 11.3. The van der Waals surface area contributed by atoms with Crippen molar-refractivity contribution in [2.75, 3.05) is 11.1 Å². The fourth-order valence-corrected chi connectivity index (χ4v) is 1.84. The average molecular weight is 245 g/mol. The summed E-state index contributed by atoms with van der Waals surface area (Å²) in [6.45, 7) is 0. The van der Waals surface area contributed by atoms with Crippen LogP contribution in [0.4, 0.5) is 0 Å². The Morgan fingerprint density at radius 2 is 2.00 bits per heavy atom. The second-order valence-electron chi connectivity index (χ2n) is 2.19. The van der Waals surface area contributed by atoms with E-state index in [1.165, 1.54) is 11.8 Å². The second-order valence-corrected chi connectivity index (χ2v) is 4.05. The largest absolute Gasteiger partial charge is 0.282 e. The van der Waals surface area contributed by atoms with Gasteiger partial charge in [-0.2, -0.15) is 0 Å². The molecule has 64 valence electrons. The minimum atomic E-state index is 0.148. The molecule has 0 fully saturated rings. The number of halogens is 1. The summed E-state index contributed by atoms with van der Waals surface area (Å²) in [5, 5.41) is 1.01. The van der Waals surface area contributed by atoms with Gasteiger partial charge in [0.15, 0.2) is 0 Å². The second kappa shape index (κ2) is 5.38. The Morgan fingerprint density at radius 1 is 1.33 bits per heavy atom.